The highest BCUT2D eigenvalue weighted by molar-refractivity contribution is 6.15. The Kier molecular flexibility index (Phi) is 3.93. The fourth-order valence-corrected chi connectivity index (χ4v) is 2.71. The van der Waals surface area contributed by atoms with Gasteiger partial charge in [0.2, 0.25) is 0 Å². The summed E-state index contributed by atoms with van der Waals surface area (Å²) in [4.78, 5) is 24.9. The Balaban J connectivity index is 2.02. The molecule has 3 rings (SSSR count). The standard InChI is InChI=1S/C18H17N3O2/c1-20(2)18(22)21(19-23)17-15(13-9-5-3-6-10-13)16(17)14-11-7-4-8-12-14/h3-12,17H,1-2H3. The van der Waals surface area contributed by atoms with Gasteiger partial charge in [-0.25, -0.2) is 4.79 Å². The van der Waals surface area contributed by atoms with Crippen LogP contribution in [0.4, 0.5) is 4.79 Å². The van der Waals surface area contributed by atoms with Gasteiger partial charge in [-0.2, -0.15) is 5.01 Å². The molecule has 23 heavy (non-hydrogen) atoms. The van der Waals surface area contributed by atoms with Crippen LogP contribution in [0.25, 0.3) is 11.1 Å². The summed E-state index contributed by atoms with van der Waals surface area (Å²) < 4.78 is 0. The van der Waals surface area contributed by atoms with Gasteiger partial charge in [-0.3, -0.25) is 0 Å². The molecule has 2 aromatic carbocycles. The number of nitroso groups, excluding NO2 is 1. The fraction of sp³-hybridized carbons (Fsp3) is 0.167. The summed E-state index contributed by atoms with van der Waals surface area (Å²) in [5, 5.41) is 3.98. The summed E-state index contributed by atoms with van der Waals surface area (Å²) in [6.07, 6.45) is 0. The van der Waals surface area contributed by atoms with Crippen LogP contribution in [0.3, 0.4) is 0 Å². The molecule has 0 fully saturated rings. The highest BCUT2D eigenvalue weighted by atomic mass is 16.3. The zero-order valence-corrected chi connectivity index (χ0v) is 13.0. The monoisotopic (exact) mass is 307 g/mol. The molecule has 0 atom stereocenters. The number of carbonyl (C=O) groups excluding carboxylic acids is 1. The number of rotatable bonds is 4. The van der Waals surface area contributed by atoms with Crippen LogP contribution in [-0.4, -0.2) is 36.1 Å². The average Bonchev–Trinajstić information content (AvgIpc) is 3.32. The summed E-state index contributed by atoms with van der Waals surface area (Å²) in [6.45, 7) is 0. The zero-order valence-electron chi connectivity index (χ0n) is 13.0. The first-order valence-electron chi connectivity index (χ1n) is 7.34. The van der Waals surface area contributed by atoms with Crippen LogP contribution >= 0.6 is 0 Å². The minimum absolute atomic E-state index is 0.410. The third-order valence-electron chi connectivity index (χ3n) is 3.83. The number of benzene rings is 2. The first kappa shape index (κ1) is 15.0. The van der Waals surface area contributed by atoms with Gasteiger partial charge in [-0.15, -0.1) is 4.91 Å². The summed E-state index contributed by atoms with van der Waals surface area (Å²) >= 11 is 0. The maximum atomic E-state index is 12.2. The molecular formula is C18H17N3O2. The Hall–Kier alpha value is -2.95. The van der Waals surface area contributed by atoms with E-state index in [-0.39, 0.29) is 0 Å². The lowest BCUT2D eigenvalue weighted by atomic mass is 10.1. The second-order valence-corrected chi connectivity index (χ2v) is 5.57. The third kappa shape index (κ3) is 2.73. The number of carbonyl (C=O) groups is 1. The molecule has 0 aromatic heterocycles. The van der Waals surface area contributed by atoms with Crippen LogP contribution in [0.15, 0.2) is 65.9 Å². The number of amides is 2. The minimum atomic E-state index is -0.427. The predicted octanol–water partition coefficient (Wildman–Crippen LogP) is 3.64. The molecule has 0 unspecified atom stereocenters. The lowest BCUT2D eigenvalue weighted by Gasteiger charge is -2.19. The van der Waals surface area contributed by atoms with Crippen LogP contribution in [0, 0.1) is 4.91 Å². The molecule has 1 aliphatic rings. The normalized spacial score (nSPS) is 13.7. The van der Waals surface area contributed by atoms with Gasteiger partial charge in [0.05, 0.1) is 5.29 Å². The molecule has 0 saturated carbocycles. The summed E-state index contributed by atoms with van der Waals surface area (Å²) in [7, 11) is 3.21. The van der Waals surface area contributed by atoms with Crippen LogP contribution in [-0.2, 0) is 0 Å². The number of hydrogen-bond donors (Lipinski definition) is 0. The summed E-state index contributed by atoms with van der Waals surface area (Å²) in [6, 6.07) is 18.7. The van der Waals surface area contributed by atoms with Gasteiger partial charge in [0, 0.05) is 14.1 Å². The third-order valence-corrected chi connectivity index (χ3v) is 3.83. The number of urea groups is 1. The largest absolute Gasteiger partial charge is 0.343 e. The first-order valence-corrected chi connectivity index (χ1v) is 7.34. The van der Waals surface area contributed by atoms with E-state index in [4.69, 9.17) is 0 Å². The van der Waals surface area contributed by atoms with Gasteiger partial charge in [-0.05, 0) is 22.3 Å². The quantitative estimate of drug-likeness (QED) is 0.639. The smallest absolute Gasteiger partial charge is 0.329 e. The second kappa shape index (κ2) is 6.04. The molecular weight excluding hydrogens is 290 g/mol. The number of nitrogens with zero attached hydrogens (tertiary/aromatic N) is 3. The van der Waals surface area contributed by atoms with Gasteiger partial charge in [-0.1, -0.05) is 60.7 Å². The Bertz CT molecular complexity index is 705. The highest BCUT2D eigenvalue weighted by Crippen LogP contribution is 2.50. The van der Waals surface area contributed by atoms with E-state index in [0.29, 0.717) is 0 Å². The van der Waals surface area contributed by atoms with Crippen LogP contribution < -0.4 is 0 Å². The molecule has 5 nitrogen and oxygen atoms in total. The molecule has 2 amide bonds. The van der Waals surface area contributed by atoms with Crippen molar-refractivity contribution in [3.63, 3.8) is 0 Å². The lowest BCUT2D eigenvalue weighted by Crippen LogP contribution is -2.38. The SMILES string of the molecule is CN(C)C(=O)N(N=O)C1C(c2ccccc2)=C1c1ccccc1. The van der Waals surface area contributed by atoms with Gasteiger partial charge in [0.15, 0.2) is 0 Å². The molecule has 0 bridgehead atoms. The molecule has 0 heterocycles. The van der Waals surface area contributed by atoms with Gasteiger partial charge in [0.25, 0.3) is 0 Å². The van der Waals surface area contributed by atoms with E-state index < -0.39 is 12.1 Å². The number of hydrogen-bond acceptors (Lipinski definition) is 3. The van der Waals surface area contributed by atoms with Crippen molar-refractivity contribution >= 4 is 17.2 Å². The second-order valence-electron chi connectivity index (χ2n) is 5.57. The van der Waals surface area contributed by atoms with Crippen LogP contribution in [0.2, 0.25) is 0 Å². The van der Waals surface area contributed by atoms with E-state index in [1.165, 1.54) is 4.90 Å². The van der Waals surface area contributed by atoms with Crippen molar-refractivity contribution < 1.29 is 4.79 Å². The molecule has 5 heteroatoms. The lowest BCUT2D eigenvalue weighted by molar-refractivity contribution is 0.174. The maximum absolute atomic E-state index is 12.2. The van der Waals surface area contributed by atoms with Gasteiger partial charge < -0.3 is 4.90 Å². The molecule has 0 N–H and O–H groups in total. The maximum Gasteiger partial charge on any atom is 0.343 e. The van der Waals surface area contributed by atoms with E-state index in [0.717, 1.165) is 27.3 Å². The predicted molar refractivity (Wildman–Crippen MR) is 90.2 cm³/mol. The van der Waals surface area contributed by atoms with Crippen molar-refractivity contribution in [3.8, 4) is 0 Å². The molecule has 0 radical (unpaired) electrons. The van der Waals surface area contributed by atoms with E-state index in [9.17, 15) is 9.70 Å². The molecule has 0 aliphatic heterocycles. The van der Waals surface area contributed by atoms with Gasteiger partial charge >= 0.3 is 6.03 Å². The molecule has 0 saturated heterocycles. The van der Waals surface area contributed by atoms with E-state index in [1.807, 2.05) is 60.7 Å². The average molecular weight is 307 g/mol. The van der Waals surface area contributed by atoms with Crippen LogP contribution in [0.1, 0.15) is 11.1 Å². The van der Waals surface area contributed by atoms with Crippen molar-refractivity contribution in [3.05, 3.63) is 76.7 Å². The molecule has 116 valence electrons. The minimum Gasteiger partial charge on any atom is -0.329 e. The molecule has 0 spiro atoms. The van der Waals surface area contributed by atoms with Crippen molar-refractivity contribution in [1.29, 1.82) is 0 Å². The first-order chi connectivity index (χ1) is 11.1. The van der Waals surface area contributed by atoms with Crippen LogP contribution in [0.5, 0.6) is 0 Å². The summed E-state index contributed by atoms with van der Waals surface area (Å²) in [5.41, 5.74) is 3.92. The topological polar surface area (TPSA) is 53.0 Å². The van der Waals surface area contributed by atoms with Crippen molar-refractivity contribution in [2.24, 2.45) is 5.29 Å². The Labute approximate surface area is 134 Å². The molecule has 2 aromatic rings. The Morgan fingerprint density at radius 1 is 0.870 bits per heavy atom. The van der Waals surface area contributed by atoms with E-state index in [1.54, 1.807) is 14.1 Å². The zero-order chi connectivity index (χ0) is 16.4. The van der Waals surface area contributed by atoms with Crippen molar-refractivity contribution in [1.82, 2.24) is 9.91 Å². The van der Waals surface area contributed by atoms with Crippen molar-refractivity contribution in [2.45, 2.75) is 6.04 Å². The van der Waals surface area contributed by atoms with E-state index >= 15 is 0 Å². The summed E-state index contributed by atoms with van der Waals surface area (Å²) in [5.74, 6) is 0. The highest BCUT2D eigenvalue weighted by Gasteiger charge is 2.46. The van der Waals surface area contributed by atoms with Gasteiger partial charge in [0.1, 0.15) is 6.04 Å². The fourth-order valence-electron chi connectivity index (χ4n) is 2.71. The van der Waals surface area contributed by atoms with Crippen molar-refractivity contribution in [2.75, 3.05) is 14.1 Å². The van der Waals surface area contributed by atoms with E-state index in [2.05, 4.69) is 5.29 Å². The Morgan fingerprint density at radius 2 is 1.30 bits per heavy atom. The Morgan fingerprint density at radius 3 is 1.65 bits per heavy atom. The molecule has 1 aliphatic carbocycles.